The average molecular weight is 368 g/mol. The monoisotopic (exact) mass is 368 g/mol. The Morgan fingerprint density at radius 3 is 2.44 bits per heavy atom. The summed E-state index contributed by atoms with van der Waals surface area (Å²) in [6.07, 6.45) is 5.64. The predicted molar refractivity (Wildman–Crippen MR) is 115 cm³/mol. The Morgan fingerprint density at radius 1 is 0.778 bits per heavy atom. The summed E-state index contributed by atoms with van der Waals surface area (Å²) in [6.45, 7) is 0. The van der Waals surface area contributed by atoms with Gasteiger partial charge >= 0.3 is 0 Å². The van der Waals surface area contributed by atoms with Gasteiger partial charge in [-0.3, -0.25) is 4.98 Å². The summed E-state index contributed by atoms with van der Waals surface area (Å²) >= 11 is 1.68. The van der Waals surface area contributed by atoms with Crippen LogP contribution in [0, 0.1) is 0 Å². The molecule has 3 aromatic heterocycles. The molecule has 3 heterocycles. The zero-order valence-electron chi connectivity index (χ0n) is 14.4. The van der Waals surface area contributed by atoms with Crippen LogP contribution in [0.25, 0.3) is 43.1 Å². The fraction of sp³-hybridized carbons (Fsp3) is 0. The van der Waals surface area contributed by atoms with E-state index in [1.165, 1.54) is 0 Å². The third-order valence-corrected chi connectivity index (χ3v) is 5.82. The van der Waals surface area contributed by atoms with E-state index >= 15 is 0 Å². The molecule has 4 nitrogen and oxygen atoms in total. The van der Waals surface area contributed by atoms with Gasteiger partial charge in [0.25, 0.3) is 0 Å². The lowest BCUT2D eigenvalue weighted by atomic mass is 9.99. The molecule has 2 aromatic carbocycles. The lowest BCUT2D eigenvalue weighted by Gasteiger charge is -2.09. The van der Waals surface area contributed by atoms with Crippen molar-refractivity contribution in [3.8, 4) is 22.3 Å². The van der Waals surface area contributed by atoms with Crippen molar-refractivity contribution in [2.24, 2.45) is 0 Å². The molecule has 27 heavy (non-hydrogen) atoms. The van der Waals surface area contributed by atoms with E-state index in [0.29, 0.717) is 5.82 Å². The van der Waals surface area contributed by atoms with Crippen LogP contribution in [-0.4, -0.2) is 9.97 Å². The van der Waals surface area contributed by atoms with Crippen molar-refractivity contribution < 1.29 is 0 Å². The minimum absolute atomic E-state index is 0.537. The van der Waals surface area contributed by atoms with E-state index in [1.807, 2.05) is 55.0 Å². The van der Waals surface area contributed by atoms with Crippen molar-refractivity contribution in [3.05, 3.63) is 72.5 Å². The standard InChI is InChI=1S/C22H16N4S/c23-15-7-5-13(6-8-15)19-12-27-21-18(11-26-22(24)20(19)21)17-10-25-9-14-3-1-2-4-16(14)17/h1-12H,23H2,(H2,24,26). The van der Waals surface area contributed by atoms with E-state index < -0.39 is 0 Å². The highest BCUT2D eigenvalue weighted by atomic mass is 32.1. The fourth-order valence-corrected chi connectivity index (χ4v) is 4.58. The average Bonchev–Trinajstić information content (AvgIpc) is 3.15. The van der Waals surface area contributed by atoms with Gasteiger partial charge in [0, 0.05) is 56.4 Å². The molecule has 4 N–H and O–H groups in total. The largest absolute Gasteiger partial charge is 0.399 e. The summed E-state index contributed by atoms with van der Waals surface area (Å²) in [4.78, 5) is 8.92. The van der Waals surface area contributed by atoms with E-state index in [1.54, 1.807) is 11.3 Å². The number of nitrogen functional groups attached to an aromatic ring is 2. The highest BCUT2D eigenvalue weighted by Crippen LogP contribution is 2.42. The number of fused-ring (bicyclic) bond motifs is 2. The van der Waals surface area contributed by atoms with E-state index in [4.69, 9.17) is 11.5 Å². The van der Waals surface area contributed by atoms with Crippen molar-refractivity contribution in [2.75, 3.05) is 11.5 Å². The number of hydrogen-bond donors (Lipinski definition) is 2. The topological polar surface area (TPSA) is 77.8 Å². The van der Waals surface area contributed by atoms with Crippen molar-refractivity contribution in [3.63, 3.8) is 0 Å². The molecular weight excluding hydrogens is 352 g/mol. The van der Waals surface area contributed by atoms with E-state index in [9.17, 15) is 0 Å². The Balaban J connectivity index is 1.80. The maximum absolute atomic E-state index is 6.28. The van der Waals surface area contributed by atoms with Crippen LogP contribution in [0.4, 0.5) is 11.5 Å². The van der Waals surface area contributed by atoms with Crippen LogP contribution in [0.15, 0.2) is 72.5 Å². The highest BCUT2D eigenvalue weighted by molar-refractivity contribution is 7.18. The predicted octanol–water partition coefficient (Wildman–Crippen LogP) is 5.34. The minimum atomic E-state index is 0.537. The van der Waals surface area contributed by atoms with Crippen LogP contribution in [0.3, 0.4) is 0 Å². The number of nitrogens with zero attached hydrogens (tertiary/aromatic N) is 2. The molecule has 0 atom stereocenters. The van der Waals surface area contributed by atoms with Crippen LogP contribution < -0.4 is 11.5 Å². The summed E-state index contributed by atoms with van der Waals surface area (Å²) in [6, 6.07) is 16.1. The van der Waals surface area contributed by atoms with Crippen molar-refractivity contribution in [2.45, 2.75) is 0 Å². The second-order valence-electron chi connectivity index (χ2n) is 6.44. The Hall–Kier alpha value is -3.44. The Bertz CT molecular complexity index is 1280. The van der Waals surface area contributed by atoms with Crippen LogP contribution in [0.5, 0.6) is 0 Å². The van der Waals surface area contributed by atoms with E-state index in [-0.39, 0.29) is 0 Å². The molecule has 0 aliphatic rings. The van der Waals surface area contributed by atoms with E-state index in [0.717, 1.165) is 48.8 Å². The minimum Gasteiger partial charge on any atom is -0.399 e. The smallest absolute Gasteiger partial charge is 0.132 e. The Kier molecular flexibility index (Phi) is 3.55. The maximum atomic E-state index is 6.28. The van der Waals surface area contributed by atoms with Gasteiger partial charge in [0.1, 0.15) is 5.82 Å². The van der Waals surface area contributed by atoms with Gasteiger partial charge in [0.2, 0.25) is 0 Å². The SMILES string of the molecule is Nc1ccc(-c2csc3c(-c4cncc5ccccc45)cnc(N)c23)cc1. The Labute approximate surface area is 160 Å². The summed E-state index contributed by atoms with van der Waals surface area (Å²) < 4.78 is 1.12. The van der Waals surface area contributed by atoms with Crippen LogP contribution in [0.1, 0.15) is 0 Å². The van der Waals surface area contributed by atoms with Gasteiger partial charge in [0.15, 0.2) is 0 Å². The number of hydrogen-bond acceptors (Lipinski definition) is 5. The lowest BCUT2D eigenvalue weighted by Crippen LogP contribution is -1.93. The molecule has 0 amide bonds. The molecule has 0 spiro atoms. The highest BCUT2D eigenvalue weighted by Gasteiger charge is 2.16. The summed E-state index contributed by atoms with van der Waals surface area (Å²) in [5.41, 5.74) is 17.1. The van der Waals surface area contributed by atoms with Crippen molar-refractivity contribution in [1.82, 2.24) is 9.97 Å². The number of anilines is 2. The molecular formula is C22H16N4S. The number of benzene rings is 2. The van der Waals surface area contributed by atoms with Gasteiger partial charge < -0.3 is 11.5 Å². The fourth-order valence-electron chi connectivity index (χ4n) is 3.47. The van der Waals surface area contributed by atoms with Crippen molar-refractivity contribution in [1.29, 1.82) is 0 Å². The van der Waals surface area contributed by atoms with Gasteiger partial charge in [-0.05, 0) is 28.5 Å². The Morgan fingerprint density at radius 2 is 1.59 bits per heavy atom. The van der Waals surface area contributed by atoms with Gasteiger partial charge in [-0.25, -0.2) is 4.98 Å². The number of aromatic nitrogens is 2. The second-order valence-corrected chi connectivity index (χ2v) is 7.32. The zero-order chi connectivity index (χ0) is 18.4. The molecule has 5 heteroatoms. The normalized spacial score (nSPS) is 11.3. The second kappa shape index (κ2) is 6.07. The van der Waals surface area contributed by atoms with Gasteiger partial charge in [-0.2, -0.15) is 0 Å². The number of nitrogens with two attached hydrogens (primary N) is 2. The molecule has 5 rings (SSSR count). The summed E-state index contributed by atoms with van der Waals surface area (Å²) in [5, 5.41) is 5.38. The van der Waals surface area contributed by atoms with Crippen molar-refractivity contribution >= 4 is 43.7 Å². The first-order chi connectivity index (χ1) is 13.2. The van der Waals surface area contributed by atoms with Crippen LogP contribution >= 0.6 is 11.3 Å². The van der Waals surface area contributed by atoms with Crippen LogP contribution in [0.2, 0.25) is 0 Å². The molecule has 130 valence electrons. The molecule has 0 fully saturated rings. The van der Waals surface area contributed by atoms with Crippen LogP contribution in [-0.2, 0) is 0 Å². The molecule has 0 saturated heterocycles. The molecule has 0 saturated carbocycles. The lowest BCUT2D eigenvalue weighted by molar-refractivity contribution is 1.34. The number of rotatable bonds is 2. The van der Waals surface area contributed by atoms with Gasteiger partial charge in [-0.15, -0.1) is 11.3 Å². The summed E-state index contributed by atoms with van der Waals surface area (Å²) in [7, 11) is 0. The first kappa shape index (κ1) is 15.8. The summed E-state index contributed by atoms with van der Waals surface area (Å²) in [5.74, 6) is 0.537. The molecule has 0 aliphatic carbocycles. The van der Waals surface area contributed by atoms with E-state index in [2.05, 4.69) is 27.5 Å². The first-order valence-corrected chi connectivity index (χ1v) is 9.45. The first-order valence-electron chi connectivity index (χ1n) is 8.57. The maximum Gasteiger partial charge on any atom is 0.132 e. The number of thiophene rings is 1. The molecule has 0 aliphatic heterocycles. The van der Waals surface area contributed by atoms with Gasteiger partial charge in [-0.1, -0.05) is 36.4 Å². The third-order valence-electron chi connectivity index (χ3n) is 4.80. The van der Waals surface area contributed by atoms with Gasteiger partial charge in [0.05, 0.1) is 0 Å². The molecule has 0 radical (unpaired) electrons. The molecule has 5 aromatic rings. The quantitative estimate of drug-likeness (QED) is 0.412. The number of pyridine rings is 2. The third kappa shape index (κ3) is 2.52. The zero-order valence-corrected chi connectivity index (χ0v) is 15.2. The molecule has 0 bridgehead atoms. The molecule has 0 unspecified atom stereocenters.